The van der Waals surface area contributed by atoms with E-state index in [1.807, 2.05) is 19.1 Å². The highest BCUT2D eigenvalue weighted by Crippen LogP contribution is 2.39. The zero-order valence-corrected chi connectivity index (χ0v) is 9.10. The maximum atomic E-state index is 5.49. The lowest BCUT2D eigenvalue weighted by Crippen LogP contribution is -2.36. The van der Waals surface area contributed by atoms with Gasteiger partial charge in [-0.05, 0) is 37.3 Å². The van der Waals surface area contributed by atoms with Gasteiger partial charge in [0.2, 0.25) is 0 Å². The molecule has 1 saturated carbocycles. The van der Waals surface area contributed by atoms with Gasteiger partial charge in [0.1, 0.15) is 11.5 Å². The molecule has 1 aliphatic rings. The van der Waals surface area contributed by atoms with Gasteiger partial charge in [0.05, 0.1) is 6.54 Å². The van der Waals surface area contributed by atoms with E-state index < -0.39 is 0 Å². The Kier molecular flexibility index (Phi) is 2.64. The molecule has 1 aliphatic carbocycles. The van der Waals surface area contributed by atoms with Crippen molar-refractivity contribution in [2.24, 2.45) is 5.41 Å². The lowest BCUT2D eigenvalue weighted by Gasteiger charge is -2.38. The zero-order valence-electron chi connectivity index (χ0n) is 9.10. The van der Waals surface area contributed by atoms with E-state index in [0.29, 0.717) is 5.41 Å². The highest BCUT2D eigenvalue weighted by atomic mass is 16.3. The van der Waals surface area contributed by atoms with Crippen molar-refractivity contribution in [3.63, 3.8) is 0 Å². The van der Waals surface area contributed by atoms with Crippen molar-refractivity contribution in [1.82, 2.24) is 5.32 Å². The predicted molar refractivity (Wildman–Crippen MR) is 57.1 cm³/mol. The average Bonchev–Trinajstić information content (AvgIpc) is 2.49. The molecule has 0 aliphatic heterocycles. The second-order valence-corrected chi connectivity index (χ2v) is 4.78. The minimum atomic E-state index is 0.557. The molecule has 2 heteroatoms. The SMILES string of the molecule is Cc1ccc(CNCC2(C)CCC2)o1. The van der Waals surface area contributed by atoms with Gasteiger partial charge in [-0.25, -0.2) is 0 Å². The third kappa shape index (κ3) is 2.18. The molecule has 0 aromatic carbocycles. The molecular formula is C12H19NO. The molecule has 0 radical (unpaired) electrons. The summed E-state index contributed by atoms with van der Waals surface area (Å²) in [5, 5.41) is 3.46. The molecule has 0 bridgehead atoms. The first kappa shape index (κ1) is 9.78. The first-order chi connectivity index (χ1) is 6.68. The molecule has 0 atom stereocenters. The highest BCUT2D eigenvalue weighted by molar-refractivity contribution is 5.05. The summed E-state index contributed by atoms with van der Waals surface area (Å²) in [7, 11) is 0. The molecule has 2 rings (SSSR count). The Morgan fingerprint density at radius 2 is 2.21 bits per heavy atom. The van der Waals surface area contributed by atoms with Crippen LogP contribution < -0.4 is 5.32 Å². The second-order valence-electron chi connectivity index (χ2n) is 4.78. The molecule has 2 nitrogen and oxygen atoms in total. The lowest BCUT2D eigenvalue weighted by molar-refractivity contribution is 0.155. The Labute approximate surface area is 85.7 Å². The van der Waals surface area contributed by atoms with Gasteiger partial charge in [-0.2, -0.15) is 0 Å². The van der Waals surface area contributed by atoms with Crippen molar-refractivity contribution in [1.29, 1.82) is 0 Å². The molecule has 1 heterocycles. The Morgan fingerprint density at radius 1 is 1.43 bits per heavy atom. The third-order valence-corrected chi connectivity index (χ3v) is 3.21. The van der Waals surface area contributed by atoms with Crippen molar-refractivity contribution in [3.8, 4) is 0 Å². The highest BCUT2D eigenvalue weighted by Gasteiger charge is 2.30. The molecule has 0 unspecified atom stereocenters. The number of nitrogens with one attached hydrogen (secondary N) is 1. The van der Waals surface area contributed by atoms with Gasteiger partial charge in [-0.1, -0.05) is 13.3 Å². The number of hydrogen-bond donors (Lipinski definition) is 1. The van der Waals surface area contributed by atoms with E-state index in [-0.39, 0.29) is 0 Å². The summed E-state index contributed by atoms with van der Waals surface area (Å²) in [4.78, 5) is 0. The summed E-state index contributed by atoms with van der Waals surface area (Å²) >= 11 is 0. The number of aryl methyl sites for hydroxylation is 1. The van der Waals surface area contributed by atoms with Crippen molar-refractivity contribution in [3.05, 3.63) is 23.7 Å². The summed E-state index contributed by atoms with van der Waals surface area (Å²) in [5.74, 6) is 2.04. The maximum Gasteiger partial charge on any atom is 0.117 e. The molecule has 1 fully saturated rings. The molecule has 1 aromatic heterocycles. The van der Waals surface area contributed by atoms with Crippen LogP contribution in [-0.2, 0) is 6.54 Å². The minimum Gasteiger partial charge on any atom is -0.465 e. The molecular weight excluding hydrogens is 174 g/mol. The summed E-state index contributed by atoms with van der Waals surface area (Å²) in [6, 6.07) is 4.06. The van der Waals surface area contributed by atoms with Crippen LogP contribution in [0.4, 0.5) is 0 Å². The van der Waals surface area contributed by atoms with Crippen LogP contribution in [0.15, 0.2) is 16.5 Å². The average molecular weight is 193 g/mol. The Hall–Kier alpha value is -0.760. The monoisotopic (exact) mass is 193 g/mol. The van der Waals surface area contributed by atoms with Crippen LogP contribution in [-0.4, -0.2) is 6.54 Å². The lowest BCUT2D eigenvalue weighted by atomic mass is 9.70. The molecule has 0 amide bonds. The van der Waals surface area contributed by atoms with Crippen LogP contribution in [0, 0.1) is 12.3 Å². The van der Waals surface area contributed by atoms with E-state index >= 15 is 0 Å². The van der Waals surface area contributed by atoms with Crippen LogP contribution in [0.1, 0.15) is 37.7 Å². The Bertz CT molecular complexity index is 299. The number of furan rings is 1. The molecule has 14 heavy (non-hydrogen) atoms. The number of hydrogen-bond acceptors (Lipinski definition) is 2. The molecule has 0 saturated heterocycles. The van der Waals surface area contributed by atoms with Crippen molar-refractivity contribution in [2.75, 3.05) is 6.54 Å². The van der Waals surface area contributed by atoms with E-state index in [1.54, 1.807) is 0 Å². The Morgan fingerprint density at radius 3 is 2.71 bits per heavy atom. The largest absolute Gasteiger partial charge is 0.465 e. The summed E-state index contributed by atoms with van der Waals surface area (Å²) in [6.07, 6.45) is 4.15. The smallest absolute Gasteiger partial charge is 0.117 e. The van der Waals surface area contributed by atoms with Crippen LogP contribution in [0.5, 0.6) is 0 Å². The number of rotatable bonds is 4. The van der Waals surface area contributed by atoms with Gasteiger partial charge < -0.3 is 9.73 Å². The van der Waals surface area contributed by atoms with E-state index in [1.165, 1.54) is 19.3 Å². The fourth-order valence-corrected chi connectivity index (χ4v) is 2.02. The standard InChI is InChI=1S/C12H19NO/c1-10-4-5-11(14-10)8-13-9-12(2)6-3-7-12/h4-5,13H,3,6-9H2,1-2H3. The van der Waals surface area contributed by atoms with Crippen molar-refractivity contribution >= 4 is 0 Å². The molecule has 1 N–H and O–H groups in total. The topological polar surface area (TPSA) is 25.2 Å². The van der Waals surface area contributed by atoms with Gasteiger partial charge in [-0.15, -0.1) is 0 Å². The van der Waals surface area contributed by atoms with Crippen molar-refractivity contribution < 1.29 is 4.42 Å². The molecule has 78 valence electrons. The minimum absolute atomic E-state index is 0.557. The fourth-order valence-electron chi connectivity index (χ4n) is 2.02. The first-order valence-corrected chi connectivity index (χ1v) is 5.44. The zero-order chi connectivity index (χ0) is 10.0. The second kappa shape index (κ2) is 3.77. The predicted octanol–water partition coefficient (Wildman–Crippen LogP) is 2.87. The Balaban J connectivity index is 1.72. The normalized spacial score (nSPS) is 19.3. The first-order valence-electron chi connectivity index (χ1n) is 5.44. The van der Waals surface area contributed by atoms with Crippen LogP contribution in [0.25, 0.3) is 0 Å². The third-order valence-electron chi connectivity index (χ3n) is 3.21. The quantitative estimate of drug-likeness (QED) is 0.795. The van der Waals surface area contributed by atoms with Gasteiger partial charge in [0.25, 0.3) is 0 Å². The summed E-state index contributed by atoms with van der Waals surface area (Å²) in [5.41, 5.74) is 0.557. The van der Waals surface area contributed by atoms with Gasteiger partial charge in [-0.3, -0.25) is 0 Å². The summed E-state index contributed by atoms with van der Waals surface area (Å²) < 4.78 is 5.49. The van der Waals surface area contributed by atoms with Crippen molar-refractivity contribution in [2.45, 2.75) is 39.7 Å². The van der Waals surface area contributed by atoms with Crippen LogP contribution >= 0.6 is 0 Å². The molecule has 0 spiro atoms. The molecule has 1 aromatic rings. The van der Waals surface area contributed by atoms with Gasteiger partial charge in [0.15, 0.2) is 0 Å². The summed E-state index contributed by atoms with van der Waals surface area (Å²) in [6.45, 7) is 6.32. The fraction of sp³-hybridized carbons (Fsp3) is 0.667. The van der Waals surface area contributed by atoms with Gasteiger partial charge >= 0.3 is 0 Å². The van der Waals surface area contributed by atoms with Crippen LogP contribution in [0.2, 0.25) is 0 Å². The van der Waals surface area contributed by atoms with E-state index in [9.17, 15) is 0 Å². The van der Waals surface area contributed by atoms with Gasteiger partial charge in [0, 0.05) is 6.54 Å². The maximum absolute atomic E-state index is 5.49. The van der Waals surface area contributed by atoms with E-state index in [4.69, 9.17) is 4.42 Å². The van der Waals surface area contributed by atoms with E-state index in [0.717, 1.165) is 24.6 Å². The van der Waals surface area contributed by atoms with E-state index in [2.05, 4.69) is 12.2 Å². The van der Waals surface area contributed by atoms with Crippen LogP contribution in [0.3, 0.4) is 0 Å².